The molecule has 0 radical (unpaired) electrons. The fraction of sp³-hybridized carbons (Fsp3) is 0.222. The quantitative estimate of drug-likeness (QED) is 0.313. The van der Waals surface area contributed by atoms with Crippen molar-refractivity contribution in [2.75, 3.05) is 13.7 Å². The zero-order valence-electron chi connectivity index (χ0n) is 18.5. The summed E-state index contributed by atoms with van der Waals surface area (Å²) >= 11 is 0. The summed E-state index contributed by atoms with van der Waals surface area (Å²) in [5.74, 6) is -3.50. The van der Waals surface area contributed by atoms with Gasteiger partial charge < -0.3 is 14.2 Å². The van der Waals surface area contributed by atoms with Gasteiger partial charge in [-0.15, -0.1) is 6.58 Å². The third-order valence-electron chi connectivity index (χ3n) is 5.78. The van der Waals surface area contributed by atoms with E-state index in [0.29, 0.717) is 24.0 Å². The number of benzene rings is 3. The molecule has 4 rings (SSSR count). The Bertz CT molecular complexity index is 1200. The lowest BCUT2D eigenvalue weighted by Gasteiger charge is -2.27. The molecule has 1 saturated heterocycles. The average molecular weight is 468 g/mol. The van der Waals surface area contributed by atoms with Crippen molar-refractivity contribution in [3.05, 3.63) is 90.3 Å². The van der Waals surface area contributed by atoms with E-state index in [2.05, 4.69) is 6.58 Å². The minimum atomic E-state index is -1.07. The van der Waals surface area contributed by atoms with E-state index < -0.39 is 23.4 Å². The van der Waals surface area contributed by atoms with Gasteiger partial charge in [-0.3, -0.25) is 0 Å². The van der Waals surface area contributed by atoms with Crippen LogP contribution in [0.2, 0.25) is 0 Å². The maximum atomic E-state index is 14.8. The van der Waals surface area contributed by atoms with E-state index in [1.54, 1.807) is 30.3 Å². The summed E-state index contributed by atoms with van der Waals surface area (Å²) in [4.78, 5) is 12.4. The van der Waals surface area contributed by atoms with Crippen molar-refractivity contribution in [1.82, 2.24) is 0 Å². The smallest absolute Gasteiger partial charge is 0.338 e. The maximum Gasteiger partial charge on any atom is 0.338 e. The van der Waals surface area contributed by atoms with Crippen molar-refractivity contribution in [3.63, 3.8) is 0 Å². The van der Waals surface area contributed by atoms with Crippen molar-refractivity contribution in [1.29, 1.82) is 0 Å². The van der Waals surface area contributed by atoms with Crippen LogP contribution in [0.4, 0.5) is 13.2 Å². The Morgan fingerprint density at radius 2 is 1.65 bits per heavy atom. The number of hydrogen-bond donors (Lipinski definition) is 0. The summed E-state index contributed by atoms with van der Waals surface area (Å²) in [5, 5.41) is 0. The van der Waals surface area contributed by atoms with Crippen LogP contribution in [-0.4, -0.2) is 31.9 Å². The van der Waals surface area contributed by atoms with Gasteiger partial charge in [0.15, 0.2) is 11.6 Å². The number of esters is 1. The summed E-state index contributed by atoms with van der Waals surface area (Å²) in [6.07, 6.45) is 2.64. The van der Waals surface area contributed by atoms with Crippen molar-refractivity contribution in [3.8, 4) is 28.0 Å². The summed E-state index contributed by atoms with van der Waals surface area (Å²) in [5.41, 5.74) is 1.37. The van der Waals surface area contributed by atoms with E-state index in [1.807, 2.05) is 0 Å². The highest BCUT2D eigenvalue weighted by atomic mass is 19.2. The molecule has 1 aliphatic heterocycles. The summed E-state index contributed by atoms with van der Waals surface area (Å²) < 4.78 is 59.0. The molecule has 3 aromatic carbocycles. The molecule has 2 unspecified atom stereocenters. The van der Waals surface area contributed by atoms with Gasteiger partial charge in [0, 0.05) is 11.1 Å². The second kappa shape index (κ2) is 10.1. The first kappa shape index (κ1) is 23.6. The Morgan fingerprint density at radius 3 is 2.24 bits per heavy atom. The van der Waals surface area contributed by atoms with Crippen LogP contribution in [0.1, 0.15) is 23.2 Å². The van der Waals surface area contributed by atoms with E-state index in [0.717, 1.165) is 6.07 Å². The molecule has 0 bridgehead atoms. The molecule has 2 atom stereocenters. The van der Waals surface area contributed by atoms with Gasteiger partial charge in [-0.2, -0.15) is 4.39 Å². The fourth-order valence-corrected chi connectivity index (χ4v) is 3.86. The van der Waals surface area contributed by atoms with Gasteiger partial charge in [0.05, 0.1) is 25.4 Å². The zero-order chi connectivity index (χ0) is 24.2. The van der Waals surface area contributed by atoms with Crippen molar-refractivity contribution >= 4 is 5.97 Å². The Kier molecular flexibility index (Phi) is 7.03. The standard InChI is InChI=1S/C27H23F3O4/c1-3-19-9-10-20(15-33-19)34-27(31)18-8-11-21(23(28)14-18)16-4-6-17(7-5-16)22-12-13-24(32-2)26(30)25(22)29/h3-8,11-14,19-20H,1,9-10,15H2,2H3. The van der Waals surface area contributed by atoms with Gasteiger partial charge in [0.1, 0.15) is 11.9 Å². The Balaban J connectivity index is 1.48. The summed E-state index contributed by atoms with van der Waals surface area (Å²) in [6, 6.07) is 13.2. The first-order chi connectivity index (χ1) is 16.4. The van der Waals surface area contributed by atoms with Gasteiger partial charge in [-0.05, 0) is 48.2 Å². The molecule has 0 aliphatic carbocycles. The monoisotopic (exact) mass is 468 g/mol. The third kappa shape index (κ3) is 4.84. The molecule has 3 aromatic rings. The molecule has 34 heavy (non-hydrogen) atoms. The average Bonchev–Trinajstić information content (AvgIpc) is 2.86. The molecule has 0 N–H and O–H groups in total. The molecule has 4 nitrogen and oxygen atoms in total. The number of halogens is 3. The molecule has 0 aromatic heterocycles. The van der Waals surface area contributed by atoms with Crippen molar-refractivity contribution in [2.45, 2.75) is 25.0 Å². The van der Waals surface area contributed by atoms with Crippen LogP contribution >= 0.6 is 0 Å². The van der Waals surface area contributed by atoms with E-state index >= 15 is 0 Å². The van der Waals surface area contributed by atoms with Crippen molar-refractivity contribution < 1.29 is 32.2 Å². The molecule has 0 spiro atoms. The van der Waals surface area contributed by atoms with Gasteiger partial charge in [0.25, 0.3) is 0 Å². The van der Waals surface area contributed by atoms with E-state index in [9.17, 15) is 18.0 Å². The molecule has 7 heteroatoms. The van der Waals surface area contributed by atoms with Crippen LogP contribution in [0.25, 0.3) is 22.3 Å². The van der Waals surface area contributed by atoms with Gasteiger partial charge >= 0.3 is 5.97 Å². The number of methoxy groups -OCH3 is 1. The van der Waals surface area contributed by atoms with Crippen LogP contribution in [0.3, 0.4) is 0 Å². The van der Waals surface area contributed by atoms with Crippen LogP contribution < -0.4 is 4.74 Å². The second-order valence-corrected chi connectivity index (χ2v) is 7.93. The second-order valence-electron chi connectivity index (χ2n) is 7.93. The number of carbonyl (C=O) groups is 1. The third-order valence-corrected chi connectivity index (χ3v) is 5.78. The zero-order valence-corrected chi connectivity index (χ0v) is 18.5. The number of rotatable bonds is 6. The minimum Gasteiger partial charge on any atom is -0.494 e. The van der Waals surface area contributed by atoms with E-state index in [1.165, 1.54) is 31.4 Å². The largest absolute Gasteiger partial charge is 0.494 e. The number of ether oxygens (including phenoxy) is 3. The van der Waals surface area contributed by atoms with Gasteiger partial charge in [-0.25, -0.2) is 13.6 Å². The molecule has 1 aliphatic rings. The Labute approximate surface area is 195 Å². The molecule has 1 heterocycles. The molecule has 176 valence electrons. The molecular weight excluding hydrogens is 445 g/mol. The molecule has 1 fully saturated rings. The lowest BCUT2D eigenvalue weighted by Crippen LogP contribution is -2.32. The maximum absolute atomic E-state index is 14.8. The minimum absolute atomic E-state index is 0.0432. The topological polar surface area (TPSA) is 44.8 Å². The van der Waals surface area contributed by atoms with Crippen LogP contribution in [0.15, 0.2) is 67.3 Å². The highest BCUT2D eigenvalue weighted by molar-refractivity contribution is 5.90. The van der Waals surface area contributed by atoms with Crippen LogP contribution in [0, 0.1) is 17.5 Å². The first-order valence-electron chi connectivity index (χ1n) is 10.8. The van der Waals surface area contributed by atoms with Crippen LogP contribution in [0.5, 0.6) is 5.75 Å². The predicted molar refractivity (Wildman–Crippen MR) is 122 cm³/mol. The predicted octanol–water partition coefficient (Wildman–Crippen LogP) is 6.34. The Morgan fingerprint density at radius 1 is 0.971 bits per heavy atom. The number of carbonyl (C=O) groups excluding carboxylic acids is 1. The highest BCUT2D eigenvalue weighted by Crippen LogP contribution is 2.32. The van der Waals surface area contributed by atoms with E-state index in [4.69, 9.17) is 14.2 Å². The summed E-state index contributed by atoms with van der Waals surface area (Å²) in [7, 11) is 1.26. The SMILES string of the molecule is C=CC1CCC(OC(=O)c2ccc(-c3ccc(-c4ccc(OC)c(F)c4F)cc3)c(F)c2)CO1. The molecule has 0 amide bonds. The first-order valence-corrected chi connectivity index (χ1v) is 10.8. The van der Waals surface area contributed by atoms with Gasteiger partial charge in [-0.1, -0.05) is 36.4 Å². The normalized spacial score (nSPS) is 17.8. The highest BCUT2D eigenvalue weighted by Gasteiger charge is 2.24. The molecular formula is C27H23F3O4. The van der Waals surface area contributed by atoms with E-state index in [-0.39, 0.29) is 41.3 Å². The van der Waals surface area contributed by atoms with Crippen molar-refractivity contribution in [2.24, 2.45) is 0 Å². The lowest BCUT2D eigenvalue weighted by molar-refractivity contribution is -0.0514. The molecule has 0 saturated carbocycles. The summed E-state index contributed by atoms with van der Waals surface area (Å²) in [6.45, 7) is 3.96. The van der Waals surface area contributed by atoms with Gasteiger partial charge in [0.2, 0.25) is 5.82 Å². The number of hydrogen-bond acceptors (Lipinski definition) is 4. The van der Waals surface area contributed by atoms with Crippen LogP contribution in [-0.2, 0) is 9.47 Å². The Hall–Kier alpha value is -3.58. The lowest BCUT2D eigenvalue weighted by atomic mass is 9.98. The fourth-order valence-electron chi connectivity index (χ4n) is 3.86.